The van der Waals surface area contributed by atoms with Gasteiger partial charge in [0.1, 0.15) is 11.5 Å². The highest BCUT2D eigenvalue weighted by atomic mass is 16.3. The van der Waals surface area contributed by atoms with Crippen molar-refractivity contribution in [2.45, 2.75) is 20.3 Å². The highest BCUT2D eigenvalue weighted by molar-refractivity contribution is 5.39. The van der Waals surface area contributed by atoms with Gasteiger partial charge in [-0.15, -0.1) is 0 Å². The summed E-state index contributed by atoms with van der Waals surface area (Å²) in [6.07, 6.45) is 0.704. The smallest absolute Gasteiger partial charge is 0.122 e. The number of hydrogen-bond donors (Lipinski definition) is 3. The van der Waals surface area contributed by atoms with E-state index in [2.05, 4.69) is 0 Å². The Morgan fingerprint density at radius 2 is 1.93 bits per heavy atom. The molecule has 1 rings (SSSR count). The molecule has 0 radical (unpaired) electrons. The van der Waals surface area contributed by atoms with E-state index in [4.69, 9.17) is 10.8 Å². The molecular weight excluding hydrogens is 178 g/mol. The third-order valence-electron chi connectivity index (χ3n) is 2.29. The fourth-order valence-electron chi connectivity index (χ4n) is 1.29. The van der Waals surface area contributed by atoms with E-state index in [1.807, 2.05) is 13.8 Å². The van der Waals surface area contributed by atoms with Gasteiger partial charge >= 0.3 is 0 Å². The Labute approximate surface area is 84.2 Å². The molecule has 3 heteroatoms. The van der Waals surface area contributed by atoms with Crippen LogP contribution in [0.1, 0.15) is 19.4 Å². The molecule has 0 aliphatic heterocycles. The molecule has 0 aromatic heterocycles. The SMILES string of the molecule is CC(C)(CN)Cc1ccc(O)cc1O. The average Bonchev–Trinajstić information content (AvgIpc) is 2.10. The third-order valence-corrected chi connectivity index (χ3v) is 2.29. The second-order valence-corrected chi connectivity index (χ2v) is 4.36. The molecule has 78 valence electrons. The molecule has 0 atom stereocenters. The van der Waals surface area contributed by atoms with Gasteiger partial charge in [-0.05, 0) is 30.0 Å². The minimum absolute atomic E-state index is 0.0333. The van der Waals surface area contributed by atoms with E-state index in [0.717, 1.165) is 5.56 Å². The first-order valence-corrected chi connectivity index (χ1v) is 4.65. The standard InChI is InChI=1S/C11H17NO2/c1-11(2,7-12)6-8-3-4-9(13)5-10(8)14/h3-5,13-14H,6-7,12H2,1-2H3. The Balaban J connectivity index is 2.87. The maximum absolute atomic E-state index is 9.55. The monoisotopic (exact) mass is 195 g/mol. The van der Waals surface area contributed by atoms with Crippen LogP contribution in [0, 0.1) is 5.41 Å². The number of benzene rings is 1. The van der Waals surface area contributed by atoms with Gasteiger partial charge in [0.25, 0.3) is 0 Å². The van der Waals surface area contributed by atoms with Gasteiger partial charge in [0.2, 0.25) is 0 Å². The van der Waals surface area contributed by atoms with Gasteiger partial charge in [-0.2, -0.15) is 0 Å². The summed E-state index contributed by atoms with van der Waals surface area (Å²) in [5.74, 6) is 0.211. The summed E-state index contributed by atoms with van der Waals surface area (Å²) >= 11 is 0. The molecule has 0 aliphatic carbocycles. The van der Waals surface area contributed by atoms with Gasteiger partial charge in [0.05, 0.1) is 0 Å². The number of phenols is 2. The van der Waals surface area contributed by atoms with Gasteiger partial charge in [0, 0.05) is 6.07 Å². The summed E-state index contributed by atoms with van der Waals surface area (Å²) < 4.78 is 0. The second kappa shape index (κ2) is 3.88. The maximum Gasteiger partial charge on any atom is 0.122 e. The van der Waals surface area contributed by atoms with Crippen LogP contribution < -0.4 is 5.73 Å². The Morgan fingerprint density at radius 3 is 2.43 bits per heavy atom. The fourth-order valence-corrected chi connectivity index (χ4v) is 1.29. The van der Waals surface area contributed by atoms with E-state index in [1.54, 1.807) is 12.1 Å². The molecule has 0 saturated carbocycles. The van der Waals surface area contributed by atoms with Crippen LogP contribution >= 0.6 is 0 Å². The zero-order valence-corrected chi connectivity index (χ0v) is 8.62. The van der Waals surface area contributed by atoms with Crippen molar-refractivity contribution in [2.24, 2.45) is 11.1 Å². The van der Waals surface area contributed by atoms with Crippen molar-refractivity contribution in [3.63, 3.8) is 0 Å². The van der Waals surface area contributed by atoms with E-state index < -0.39 is 0 Å². The van der Waals surface area contributed by atoms with Crippen molar-refractivity contribution in [3.05, 3.63) is 23.8 Å². The fraction of sp³-hybridized carbons (Fsp3) is 0.455. The largest absolute Gasteiger partial charge is 0.508 e. The van der Waals surface area contributed by atoms with Gasteiger partial charge in [0.15, 0.2) is 0 Å². The molecule has 1 aromatic carbocycles. The molecule has 0 unspecified atom stereocenters. The molecule has 3 nitrogen and oxygen atoms in total. The lowest BCUT2D eigenvalue weighted by atomic mass is 9.85. The number of rotatable bonds is 3. The molecule has 0 heterocycles. The van der Waals surface area contributed by atoms with Crippen molar-refractivity contribution in [3.8, 4) is 11.5 Å². The molecule has 14 heavy (non-hydrogen) atoms. The Morgan fingerprint density at radius 1 is 1.29 bits per heavy atom. The minimum Gasteiger partial charge on any atom is -0.508 e. The van der Waals surface area contributed by atoms with Crippen LogP contribution in [0.3, 0.4) is 0 Å². The van der Waals surface area contributed by atoms with E-state index in [1.165, 1.54) is 6.07 Å². The number of hydrogen-bond acceptors (Lipinski definition) is 3. The van der Waals surface area contributed by atoms with Gasteiger partial charge in [-0.1, -0.05) is 19.9 Å². The Bertz CT molecular complexity index is 321. The quantitative estimate of drug-likeness (QED) is 0.686. The third kappa shape index (κ3) is 2.64. The van der Waals surface area contributed by atoms with E-state index >= 15 is 0 Å². The number of nitrogens with two attached hydrogens (primary N) is 1. The van der Waals surface area contributed by atoms with Gasteiger partial charge in [-0.3, -0.25) is 0 Å². The molecule has 0 amide bonds. The van der Waals surface area contributed by atoms with Gasteiger partial charge in [-0.25, -0.2) is 0 Å². The zero-order chi connectivity index (χ0) is 10.8. The van der Waals surface area contributed by atoms with E-state index in [9.17, 15) is 5.11 Å². The van der Waals surface area contributed by atoms with Crippen molar-refractivity contribution >= 4 is 0 Å². The predicted octanol–water partition coefficient (Wildman–Crippen LogP) is 1.63. The first-order chi connectivity index (χ1) is 6.44. The normalized spacial score (nSPS) is 11.6. The van der Waals surface area contributed by atoms with Crippen molar-refractivity contribution in [1.29, 1.82) is 0 Å². The topological polar surface area (TPSA) is 66.5 Å². The summed E-state index contributed by atoms with van der Waals surface area (Å²) in [6, 6.07) is 4.64. The van der Waals surface area contributed by atoms with Crippen LogP contribution in [-0.2, 0) is 6.42 Å². The van der Waals surface area contributed by atoms with Crippen LogP contribution in [0.2, 0.25) is 0 Å². The lowest BCUT2D eigenvalue weighted by Crippen LogP contribution is -2.25. The average molecular weight is 195 g/mol. The summed E-state index contributed by atoms with van der Waals surface area (Å²) in [5, 5.41) is 18.7. The molecule has 0 fully saturated rings. The summed E-state index contributed by atoms with van der Waals surface area (Å²) in [7, 11) is 0. The van der Waals surface area contributed by atoms with Crippen LogP contribution in [-0.4, -0.2) is 16.8 Å². The highest BCUT2D eigenvalue weighted by Crippen LogP contribution is 2.28. The van der Waals surface area contributed by atoms with E-state index in [0.29, 0.717) is 13.0 Å². The van der Waals surface area contributed by atoms with Crippen LogP contribution in [0.5, 0.6) is 11.5 Å². The van der Waals surface area contributed by atoms with Crippen LogP contribution in [0.15, 0.2) is 18.2 Å². The Kier molecular flexibility index (Phi) is 3.01. The molecule has 0 saturated heterocycles. The lowest BCUT2D eigenvalue weighted by Gasteiger charge is -2.22. The van der Waals surface area contributed by atoms with Crippen molar-refractivity contribution in [2.75, 3.05) is 6.54 Å². The van der Waals surface area contributed by atoms with Gasteiger partial charge < -0.3 is 15.9 Å². The summed E-state index contributed by atoms with van der Waals surface area (Å²) in [5.41, 5.74) is 6.39. The summed E-state index contributed by atoms with van der Waals surface area (Å²) in [4.78, 5) is 0. The molecule has 4 N–H and O–H groups in total. The predicted molar refractivity (Wildman–Crippen MR) is 56.3 cm³/mol. The van der Waals surface area contributed by atoms with Crippen LogP contribution in [0.25, 0.3) is 0 Å². The zero-order valence-electron chi connectivity index (χ0n) is 8.62. The molecule has 0 spiro atoms. The maximum atomic E-state index is 9.55. The molecule has 0 bridgehead atoms. The number of phenolic OH excluding ortho intramolecular Hbond substituents is 2. The highest BCUT2D eigenvalue weighted by Gasteiger charge is 2.18. The molecule has 0 aliphatic rings. The molecular formula is C11H17NO2. The second-order valence-electron chi connectivity index (χ2n) is 4.36. The summed E-state index contributed by atoms with van der Waals surface area (Å²) in [6.45, 7) is 4.64. The Hall–Kier alpha value is -1.22. The lowest BCUT2D eigenvalue weighted by molar-refractivity contribution is 0.365. The first-order valence-electron chi connectivity index (χ1n) is 4.65. The number of aromatic hydroxyl groups is 2. The minimum atomic E-state index is -0.0333. The van der Waals surface area contributed by atoms with Crippen molar-refractivity contribution < 1.29 is 10.2 Å². The van der Waals surface area contributed by atoms with Crippen molar-refractivity contribution in [1.82, 2.24) is 0 Å². The first kappa shape index (κ1) is 10.9. The molecule has 1 aromatic rings. The van der Waals surface area contributed by atoms with E-state index in [-0.39, 0.29) is 16.9 Å². The van der Waals surface area contributed by atoms with Crippen LogP contribution in [0.4, 0.5) is 0 Å².